The van der Waals surface area contributed by atoms with Gasteiger partial charge in [-0.2, -0.15) is 4.98 Å². The van der Waals surface area contributed by atoms with Crippen molar-refractivity contribution in [3.63, 3.8) is 0 Å². The van der Waals surface area contributed by atoms with Crippen LogP contribution in [0, 0.1) is 11.2 Å². The molecule has 0 aliphatic carbocycles. The number of hydrogen-bond acceptors (Lipinski definition) is 7. The summed E-state index contributed by atoms with van der Waals surface area (Å²) in [5.41, 5.74) is 2.58. The minimum atomic E-state index is -1.48. The molecule has 216 valence electrons. The van der Waals surface area contributed by atoms with Gasteiger partial charge in [-0.3, -0.25) is 19.5 Å². The van der Waals surface area contributed by atoms with Crippen LogP contribution < -0.4 is 5.32 Å². The molecular formula is C33H28FN5O4. The topological polar surface area (TPSA) is 121 Å². The molecule has 2 aromatic heterocycles. The molecule has 10 heteroatoms. The van der Waals surface area contributed by atoms with E-state index in [4.69, 9.17) is 4.52 Å². The molecule has 1 amide bonds. The van der Waals surface area contributed by atoms with Crippen LogP contribution >= 0.6 is 0 Å². The summed E-state index contributed by atoms with van der Waals surface area (Å²) in [6.45, 7) is 1.53. The predicted molar refractivity (Wildman–Crippen MR) is 158 cm³/mol. The Morgan fingerprint density at radius 3 is 2.28 bits per heavy atom. The van der Waals surface area contributed by atoms with Gasteiger partial charge in [0, 0.05) is 54.4 Å². The van der Waals surface area contributed by atoms with Crippen molar-refractivity contribution in [1.82, 2.24) is 20.0 Å². The number of benzene rings is 3. The van der Waals surface area contributed by atoms with Crippen molar-refractivity contribution in [2.75, 3.05) is 18.4 Å². The number of piperidine rings is 1. The molecule has 3 heterocycles. The SMILES string of the molecule is O=C(O)C1(C(=O)Nc2ccncc2)CCN(Cc2ccc(-c3noc(-c4ccc(-c5ccccc5)c(F)c4)n3)cc2)CC1. The van der Waals surface area contributed by atoms with Gasteiger partial charge in [-0.15, -0.1) is 0 Å². The van der Waals surface area contributed by atoms with E-state index in [0.29, 0.717) is 42.3 Å². The summed E-state index contributed by atoms with van der Waals surface area (Å²) in [6, 6.07) is 25.1. The van der Waals surface area contributed by atoms with Crippen LogP contribution in [0.3, 0.4) is 0 Å². The highest BCUT2D eigenvalue weighted by Crippen LogP contribution is 2.34. The summed E-state index contributed by atoms with van der Waals surface area (Å²) in [6.07, 6.45) is 3.49. The van der Waals surface area contributed by atoms with Gasteiger partial charge in [0.05, 0.1) is 0 Å². The number of aromatic nitrogens is 3. The first-order valence-electron chi connectivity index (χ1n) is 13.9. The smallest absolute Gasteiger partial charge is 0.319 e. The molecule has 1 saturated heterocycles. The summed E-state index contributed by atoms with van der Waals surface area (Å²) in [5.74, 6) is -1.39. The standard InChI is InChI=1S/C33H28FN5O4/c34-28-20-25(10-11-27(28)23-4-2-1-3-5-23)30-37-29(38-43-30)24-8-6-22(7-9-24)21-39-18-14-33(15-19-39,32(41)42)31(40)36-26-12-16-35-17-13-26/h1-13,16-17,20H,14-15,18-19,21H2,(H,41,42)(H,35,36,40). The van der Waals surface area contributed by atoms with E-state index in [2.05, 4.69) is 25.3 Å². The molecular weight excluding hydrogens is 549 g/mol. The third kappa shape index (κ3) is 5.91. The van der Waals surface area contributed by atoms with E-state index in [9.17, 15) is 19.1 Å². The minimum Gasteiger partial charge on any atom is -0.480 e. The van der Waals surface area contributed by atoms with Gasteiger partial charge in [0.2, 0.25) is 11.7 Å². The first-order valence-corrected chi connectivity index (χ1v) is 13.9. The van der Waals surface area contributed by atoms with Crippen molar-refractivity contribution >= 4 is 17.6 Å². The molecule has 1 fully saturated rings. The first-order chi connectivity index (χ1) is 20.9. The van der Waals surface area contributed by atoms with E-state index in [-0.39, 0.29) is 24.5 Å². The number of likely N-dealkylation sites (tertiary alicyclic amines) is 1. The number of amides is 1. The number of halogens is 1. The molecule has 1 aliphatic heterocycles. The zero-order chi connectivity index (χ0) is 29.8. The highest BCUT2D eigenvalue weighted by atomic mass is 19.1. The Kier molecular flexibility index (Phi) is 7.76. The lowest BCUT2D eigenvalue weighted by atomic mass is 9.77. The summed E-state index contributed by atoms with van der Waals surface area (Å²) in [4.78, 5) is 35.7. The van der Waals surface area contributed by atoms with Crippen LogP contribution in [-0.4, -0.2) is 50.1 Å². The number of pyridine rings is 1. The molecule has 6 rings (SSSR count). The van der Waals surface area contributed by atoms with Gasteiger partial charge in [0.25, 0.3) is 5.89 Å². The molecule has 0 radical (unpaired) electrons. The van der Waals surface area contributed by atoms with Crippen molar-refractivity contribution in [1.29, 1.82) is 0 Å². The van der Waals surface area contributed by atoms with E-state index >= 15 is 0 Å². The second-order valence-electron chi connectivity index (χ2n) is 10.5. The third-order valence-corrected chi connectivity index (χ3v) is 7.84. The number of carboxylic acids is 1. The van der Waals surface area contributed by atoms with Gasteiger partial charge < -0.3 is 14.9 Å². The van der Waals surface area contributed by atoms with Gasteiger partial charge in [0.15, 0.2) is 0 Å². The first kappa shape index (κ1) is 27.9. The largest absolute Gasteiger partial charge is 0.480 e. The molecule has 0 unspecified atom stereocenters. The van der Waals surface area contributed by atoms with Crippen LogP contribution in [0.5, 0.6) is 0 Å². The van der Waals surface area contributed by atoms with Gasteiger partial charge in [0.1, 0.15) is 11.2 Å². The maximum atomic E-state index is 14.9. The normalized spacial score (nSPS) is 14.7. The molecule has 3 aromatic carbocycles. The van der Waals surface area contributed by atoms with Crippen LogP contribution in [0.1, 0.15) is 18.4 Å². The Balaban J connectivity index is 1.08. The van der Waals surface area contributed by atoms with Crippen LogP contribution in [0.2, 0.25) is 0 Å². The van der Waals surface area contributed by atoms with Gasteiger partial charge in [-0.25, -0.2) is 4.39 Å². The van der Waals surface area contributed by atoms with Gasteiger partial charge >= 0.3 is 5.97 Å². The van der Waals surface area contributed by atoms with Crippen LogP contribution in [0.15, 0.2) is 102 Å². The van der Waals surface area contributed by atoms with E-state index < -0.39 is 17.3 Å². The lowest BCUT2D eigenvalue weighted by molar-refractivity contribution is -0.157. The number of carboxylic acid groups (broad SMARTS) is 1. The Morgan fingerprint density at radius 1 is 0.907 bits per heavy atom. The summed E-state index contributed by atoms with van der Waals surface area (Å²) < 4.78 is 20.3. The molecule has 0 saturated carbocycles. The van der Waals surface area contributed by atoms with Crippen LogP contribution in [0.4, 0.5) is 10.1 Å². The number of aliphatic carboxylic acids is 1. The Bertz CT molecular complexity index is 1730. The molecule has 43 heavy (non-hydrogen) atoms. The third-order valence-electron chi connectivity index (χ3n) is 7.84. The van der Waals surface area contributed by atoms with Crippen molar-refractivity contribution in [3.05, 3.63) is 109 Å². The molecule has 5 aromatic rings. The van der Waals surface area contributed by atoms with Crippen molar-refractivity contribution in [2.45, 2.75) is 19.4 Å². The molecule has 0 atom stereocenters. The second kappa shape index (κ2) is 11.9. The Morgan fingerprint density at radius 2 is 1.60 bits per heavy atom. The van der Waals surface area contributed by atoms with Crippen LogP contribution in [-0.2, 0) is 16.1 Å². The van der Waals surface area contributed by atoms with E-state index in [0.717, 1.165) is 16.7 Å². The fourth-order valence-electron chi connectivity index (χ4n) is 5.29. The fourth-order valence-corrected chi connectivity index (χ4v) is 5.29. The summed E-state index contributed by atoms with van der Waals surface area (Å²) >= 11 is 0. The summed E-state index contributed by atoms with van der Waals surface area (Å²) in [5, 5.41) is 16.8. The number of anilines is 1. The second-order valence-corrected chi connectivity index (χ2v) is 10.5. The zero-order valence-electron chi connectivity index (χ0n) is 23.1. The highest BCUT2D eigenvalue weighted by Gasteiger charge is 2.48. The molecule has 2 N–H and O–H groups in total. The van der Waals surface area contributed by atoms with E-state index in [1.807, 2.05) is 54.6 Å². The highest BCUT2D eigenvalue weighted by molar-refractivity contribution is 6.08. The van der Waals surface area contributed by atoms with Crippen molar-refractivity contribution in [3.8, 4) is 34.0 Å². The molecule has 9 nitrogen and oxygen atoms in total. The maximum absolute atomic E-state index is 14.9. The number of carbonyl (C=O) groups excluding carboxylic acids is 1. The number of carbonyl (C=O) groups is 2. The number of nitrogens with zero attached hydrogens (tertiary/aromatic N) is 4. The van der Waals surface area contributed by atoms with Crippen LogP contribution in [0.25, 0.3) is 34.0 Å². The average molecular weight is 578 g/mol. The maximum Gasteiger partial charge on any atom is 0.319 e. The molecule has 1 aliphatic rings. The fraction of sp³-hybridized carbons (Fsp3) is 0.182. The van der Waals surface area contributed by atoms with Crippen molar-refractivity contribution < 1.29 is 23.6 Å². The van der Waals surface area contributed by atoms with E-state index in [1.54, 1.807) is 36.7 Å². The molecule has 0 bridgehead atoms. The molecule has 0 spiro atoms. The van der Waals surface area contributed by atoms with E-state index in [1.165, 1.54) is 6.07 Å². The lowest BCUT2D eigenvalue weighted by Crippen LogP contribution is -2.50. The lowest BCUT2D eigenvalue weighted by Gasteiger charge is -2.37. The number of rotatable bonds is 8. The minimum absolute atomic E-state index is 0.204. The monoisotopic (exact) mass is 577 g/mol. The van der Waals surface area contributed by atoms with Gasteiger partial charge in [-0.05, 0) is 48.2 Å². The Labute approximate surface area is 247 Å². The van der Waals surface area contributed by atoms with Crippen molar-refractivity contribution in [2.24, 2.45) is 5.41 Å². The number of hydrogen-bond donors (Lipinski definition) is 2. The Hall–Kier alpha value is -5.22. The zero-order valence-corrected chi connectivity index (χ0v) is 23.1. The van der Waals surface area contributed by atoms with Gasteiger partial charge in [-0.1, -0.05) is 65.8 Å². The quantitative estimate of drug-likeness (QED) is 0.218. The average Bonchev–Trinajstić information content (AvgIpc) is 3.53. The summed E-state index contributed by atoms with van der Waals surface area (Å²) in [7, 11) is 0. The predicted octanol–water partition coefficient (Wildman–Crippen LogP) is 5.91. The number of nitrogens with one attached hydrogen (secondary N) is 1.